The van der Waals surface area contributed by atoms with Gasteiger partial charge in [-0.2, -0.15) is 0 Å². The third kappa shape index (κ3) is 4.89. The molecule has 13 rings (SSSR count). The van der Waals surface area contributed by atoms with Crippen LogP contribution in [0.3, 0.4) is 0 Å². The number of unbranched alkanes of at least 4 members (excludes halogenated alkanes) is 1. The Bertz CT molecular complexity index is 3460. The third-order valence-corrected chi connectivity index (χ3v) is 15.2. The van der Waals surface area contributed by atoms with Crippen LogP contribution in [0.1, 0.15) is 50.3 Å². The van der Waals surface area contributed by atoms with Gasteiger partial charge in [-0.1, -0.05) is 155 Å². The average Bonchev–Trinajstić information content (AvgIpc) is 3.96. The fourth-order valence-corrected chi connectivity index (χ4v) is 12.5. The van der Waals surface area contributed by atoms with E-state index in [9.17, 15) is 0 Å². The van der Waals surface area contributed by atoms with Gasteiger partial charge < -0.3 is 9.23 Å². The first-order chi connectivity index (χ1) is 30.5. The van der Waals surface area contributed by atoms with E-state index in [1.807, 2.05) is 11.3 Å². The predicted octanol–water partition coefficient (Wildman–Crippen LogP) is 14.8. The molecule has 0 unspecified atom stereocenters. The van der Waals surface area contributed by atoms with Crippen molar-refractivity contribution < 1.29 is 4.42 Å². The Balaban J connectivity index is 1.22. The summed E-state index contributed by atoms with van der Waals surface area (Å²) >= 11 is 1.94. The number of para-hydroxylation sites is 2. The average molecular weight is 815 g/mol. The number of benzene rings is 8. The predicted molar refractivity (Wildman–Crippen MR) is 264 cm³/mol. The van der Waals surface area contributed by atoms with Crippen LogP contribution >= 0.6 is 11.3 Å². The van der Waals surface area contributed by atoms with Crippen molar-refractivity contribution >= 4 is 88.9 Å². The molecular formula is C57H43BN2OS. The van der Waals surface area contributed by atoms with E-state index in [1.54, 1.807) is 0 Å². The van der Waals surface area contributed by atoms with Crippen LogP contribution in [0.15, 0.2) is 174 Å². The molecule has 8 aromatic carbocycles. The topological polar surface area (TPSA) is 19.6 Å². The molecule has 0 saturated heterocycles. The number of thiophene rings is 1. The summed E-state index contributed by atoms with van der Waals surface area (Å²) in [6.45, 7) is 6.95. The highest BCUT2D eigenvalue weighted by molar-refractivity contribution is 7.26. The minimum Gasteiger partial charge on any atom is -0.440 e. The highest BCUT2D eigenvalue weighted by Crippen LogP contribution is 2.60. The number of nitrogens with zero attached hydrogens (tertiary/aromatic N) is 2. The largest absolute Gasteiger partial charge is 0.440 e. The van der Waals surface area contributed by atoms with Crippen LogP contribution in [0.5, 0.6) is 0 Å². The number of aryl methyl sites for hydroxylation is 1. The fraction of sp³-hybridized carbons (Fsp3) is 0.123. The highest BCUT2D eigenvalue weighted by Gasteiger charge is 2.51. The normalized spacial score (nSPS) is 14.3. The summed E-state index contributed by atoms with van der Waals surface area (Å²) in [6, 6.07) is 63.4. The second-order valence-corrected chi connectivity index (χ2v) is 18.8. The van der Waals surface area contributed by atoms with E-state index in [0.717, 1.165) is 41.8 Å². The second-order valence-electron chi connectivity index (χ2n) is 17.8. The number of hydrogen-bond donors (Lipinski definition) is 0. The van der Waals surface area contributed by atoms with Crippen LogP contribution in [0.2, 0.25) is 0 Å². The van der Waals surface area contributed by atoms with Gasteiger partial charge in [-0.15, -0.1) is 11.3 Å². The summed E-state index contributed by atoms with van der Waals surface area (Å²) in [5, 5.41) is 3.72. The Morgan fingerprint density at radius 1 is 0.613 bits per heavy atom. The van der Waals surface area contributed by atoms with Gasteiger partial charge >= 0.3 is 6.85 Å². The van der Waals surface area contributed by atoms with Crippen molar-refractivity contribution in [3.05, 3.63) is 187 Å². The summed E-state index contributed by atoms with van der Waals surface area (Å²) in [5.41, 5.74) is 19.7. The molecule has 3 nitrogen and oxygen atoms in total. The molecule has 2 aliphatic heterocycles. The lowest BCUT2D eigenvalue weighted by Crippen LogP contribution is -2.61. The maximum Gasteiger partial charge on any atom is 0.337 e. The number of fused-ring (bicyclic) bond motifs is 14. The lowest BCUT2D eigenvalue weighted by atomic mass is 9.43. The summed E-state index contributed by atoms with van der Waals surface area (Å²) in [5.74, 6) is 0.881. The molecule has 10 aromatic rings. The van der Waals surface area contributed by atoms with Crippen molar-refractivity contribution in [2.24, 2.45) is 0 Å². The zero-order valence-electron chi connectivity index (χ0n) is 35.1. The molecular weight excluding hydrogens is 772 g/mol. The van der Waals surface area contributed by atoms with Crippen LogP contribution in [0, 0.1) is 0 Å². The van der Waals surface area contributed by atoms with Gasteiger partial charge in [0, 0.05) is 70.2 Å². The lowest BCUT2D eigenvalue weighted by molar-refractivity contribution is 0.622. The van der Waals surface area contributed by atoms with E-state index in [2.05, 4.69) is 200 Å². The molecule has 2 aromatic heterocycles. The van der Waals surface area contributed by atoms with Gasteiger partial charge in [0.05, 0.1) is 5.69 Å². The smallest absolute Gasteiger partial charge is 0.337 e. The molecule has 0 spiro atoms. The number of furan rings is 1. The Kier molecular flexibility index (Phi) is 7.72. The van der Waals surface area contributed by atoms with Gasteiger partial charge in [-0.05, 0) is 94.1 Å². The maximum absolute atomic E-state index is 7.34. The van der Waals surface area contributed by atoms with Crippen molar-refractivity contribution in [2.45, 2.75) is 45.4 Å². The van der Waals surface area contributed by atoms with Gasteiger partial charge in [0.15, 0.2) is 0 Å². The standard InChI is InChI=1S/C57H43BN2OS/c1-4-5-18-35-29-32-46(43(33-35)36-19-8-6-9-20-36)59-47-34-44-39-24-14-17-28-49(39)62-55(44)50-42-31-30-40-38-23-12-15-26-45(38)57(2,3)51(40)54(42)60(37-21-10-7-11-22-37)58(53(47)50)52-41-25-13-16-27-48(41)61-56(52)59/h6-17,19-34H,4-5,18H2,1-3H3. The minimum atomic E-state index is -0.245. The third-order valence-electron chi connectivity index (χ3n) is 14.0. The molecule has 0 saturated carbocycles. The summed E-state index contributed by atoms with van der Waals surface area (Å²) in [6.07, 6.45) is 3.36. The maximum atomic E-state index is 7.34. The van der Waals surface area contributed by atoms with Gasteiger partial charge in [0.1, 0.15) is 5.58 Å². The molecule has 0 atom stereocenters. The van der Waals surface area contributed by atoms with Crippen molar-refractivity contribution in [3.8, 4) is 33.4 Å². The number of anilines is 5. The highest BCUT2D eigenvalue weighted by atomic mass is 32.1. The molecule has 296 valence electrons. The van der Waals surface area contributed by atoms with Crippen molar-refractivity contribution in [1.29, 1.82) is 0 Å². The first-order valence-corrected chi connectivity index (χ1v) is 22.9. The summed E-state index contributed by atoms with van der Waals surface area (Å²) < 4.78 is 9.98. The minimum absolute atomic E-state index is 0.186. The Labute approximate surface area is 366 Å². The zero-order chi connectivity index (χ0) is 41.3. The molecule has 3 aliphatic rings. The van der Waals surface area contributed by atoms with Gasteiger partial charge in [-0.3, -0.25) is 4.90 Å². The van der Waals surface area contributed by atoms with Gasteiger partial charge in [0.2, 0.25) is 5.88 Å². The summed E-state index contributed by atoms with van der Waals surface area (Å²) in [4.78, 5) is 5.18. The summed E-state index contributed by atoms with van der Waals surface area (Å²) in [7, 11) is 0. The van der Waals surface area contributed by atoms with Crippen LogP contribution in [0.4, 0.5) is 28.6 Å². The number of rotatable bonds is 6. The Morgan fingerprint density at radius 2 is 1.34 bits per heavy atom. The Morgan fingerprint density at radius 3 is 2.18 bits per heavy atom. The molecule has 5 heteroatoms. The van der Waals surface area contributed by atoms with Crippen LogP contribution in [-0.4, -0.2) is 6.85 Å². The zero-order valence-corrected chi connectivity index (χ0v) is 35.9. The van der Waals surface area contributed by atoms with Crippen molar-refractivity contribution in [3.63, 3.8) is 0 Å². The van der Waals surface area contributed by atoms with Crippen LogP contribution in [-0.2, 0) is 11.8 Å². The SMILES string of the molecule is CCCCc1ccc(N2c3cc4c(sc5ccccc54)c4c3B(c3c2oc2ccccc32)N(c2ccccc2)c2c-4ccc3c2C(C)(C)c2ccccc2-3)c(-c2ccccc2)c1. The van der Waals surface area contributed by atoms with E-state index in [0.29, 0.717) is 0 Å². The first-order valence-electron chi connectivity index (χ1n) is 22.1. The molecule has 0 radical (unpaired) electrons. The van der Waals surface area contributed by atoms with E-state index >= 15 is 0 Å². The molecule has 1 aliphatic carbocycles. The van der Waals surface area contributed by atoms with Crippen LogP contribution < -0.4 is 20.6 Å². The molecule has 4 heterocycles. The molecule has 0 N–H and O–H groups in total. The molecule has 0 fully saturated rings. The molecule has 62 heavy (non-hydrogen) atoms. The Hall–Kier alpha value is -6.82. The lowest BCUT2D eigenvalue weighted by Gasteiger charge is -2.46. The van der Waals surface area contributed by atoms with Crippen molar-refractivity contribution in [1.82, 2.24) is 0 Å². The molecule has 0 bridgehead atoms. The second kappa shape index (κ2) is 13.3. The van der Waals surface area contributed by atoms with E-state index in [1.165, 1.54) is 98.2 Å². The van der Waals surface area contributed by atoms with Gasteiger partial charge in [0.25, 0.3) is 0 Å². The fourth-order valence-electron chi connectivity index (χ4n) is 11.3. The van der Waals surface area contributed by atoms with E-state index < -0.39 is 0 Å². The van der Waals surface area contributed by atoms with E-state index in [4.69, 9.17) is 4.42 Å². The monoisotopic (exact) mass is 814 g/mol. The number of hydrogen-bond acceptors (Lipinski definition) is 4. The quantitative estimate of drug-likeness (QED) is 0.156. The van der Waals surface area contributed by atoms with Crippen LogP contribution in [0.25, 0.3) is 64.5 Å². The van der Waals surface area contributed by atoms with Crippen molar-refractivity contribution in [2.75, 3.05) is 9.71 Å². The van der Waals surface area contributed by atoms with E-state index in [-0.39, 0.29) is 12.3 Å². The molecule has 0 amide bonds. The van der Waals surface area contributed by atoms with Gasteiger partial charge in [-0.25, -0.2) is 0 Å². The first kappa shape index (κ1) is 35.9.